The molecule has 0 atom stereocenters. The van der Waals surface area contributed by atoms with E-state index >= 15 is 0 Å². The lowest BCUT2D eigenvalue weighted by molar-refractivity contribution is 0.0706. The Morgan fingerprint density at radius 1 is 1.21 bits per heavy atom. The second kappa shape index (κ2) is 6.92. The maximum absolute atomic E-state index is 13.7. The number of hydrogen-bond donors (Lipinski definition) is 0. The van der Waals surface area contributed by atoms with E-state index in [9.17, 15) is 4.79 Å². The van der Waals surface area contributed by atoms with Gasteiger partial charge in [0.2, 0.25) is 0 Å². The van der Waals surface area contributed by atoms with Gasteiger partial charge in [-0.25, -0.2) is 4.98 Å². The number of amides is 1. The average Bonchev–Trinajstić information content (AvgIpc) is 3.47. The van der Waals surface area contributed by atoms with Gasteiger partial charge < -0.3 is 9.32 Å². The van der Waals surface area contributed by atoms with Crippen molar-refractivity contribution in [3.63, 3.8) is 0 Å². The Balaban J connectivity index is 1.54. The fraction of sp³-hybridized carbons (Fsp3) is 0.318. The van der Waals surface area contributed by atoms with E-state index < -0.39 is 0 Å². The van der Waals surface area contributed by atoms with E-state index in [4.69, 9.17) is 9.52 Å². The summed E-state index contributed by atoms with van der Waals surface area (Å²) in [6.07, 6.45) is 6.74. The summed E-state index contributed by atoms with van der Waals surface area (Å²) in [5.41, 5.74) is 5.63. The molecule has 0 unspecified atom stereocenters. The average molecular weight is 389 g/mol. The monoisotopic (exact) mass is 389 g/mol. The highest BCUT2D eigenvalue weighted by Gasteiger charge is 2.27. The van der Waals surface area contributed by atoms with Crippen LogP contribution < -0.4 is 0 Å². The molecule has 1 aliphatic carbocycles. The number of rotatable bonds is 5. The summed E-state index contributed by atoms with van der Waals surface area (Å²) < 4.78 is 9.36. The summed E-state index contributed by atoms with van der Waals surface area (Å²) in [5, 5.41) is 4.72. The number of carbonyl (C=O) groups is 1. The molecule has 5 rings (SSSR count). The summed E-state index contributed by atoms with van der Waals surface area (Å²) in [6, 6.07) is 9.48. The number of pyridine rings is 1. The molecule has 0 radical (unpaired) electrons. The van der Waals surface area contributed by atoms with Gasteiger partial charge in [-0.15, -0.1) is 0 Å². The third kappa shape index (κ3) is 3.03. The van der Waals surface area contributed by atoms with Crippen LogP contribution in [0.15, 0.2) is 47.2 Å². The van der Waals surface area contributed by atoms with Crippen molar-refractivity contribution in [2.45, 2.75) is 39.3 Å². The van der Waals surface area contributed by atoms with Crippen LogP contribution in [0.5, 0.6) is 0 Å². The highest BCUT2D eigenvalue weighted by atomic mass is 16.3. The lowest BCUT2D eigenvalue weighted by atomic mass is 10.1. The summed E-state index contributed by atoms with van der Waals surface area (Å²) >= 11 is 0. The predicted molar refractivity (Wildman–Crippen MR) is 107 cm³/mol. The minimum Gasteiger partial charge on any atom is -0.467 e. The summed E-state index contributed by atoms with van der Waals surface area (Å²) in [7, 11) is 1.99. The Bertz CT molecular complexity index is 1190. The van der Waals surface area contributed by atoms with Gasteiger partial charge >= 0.3 is 0 Å². The van der Waals surface area contributed by atoms with E-state index in [0.29, 0.717) is 18.8 Å². The number of hydrogen-bond acceptors (Lipinski definition) is 4. The number of aromatic nitrogens is 4. The second-order valence-corrected chi connectivity index (χ2v) is 7.56. The number of fused-ring (bicyclic) bond motifs is 2. The topological polar surface area (TPSA) is 68.6 Å². The molecule has 0 aliphatic heterocycles. The van der Waals surface area contributed by atoms with Gasteiger partial charge in [-0.2, -0.15) is 5.10 Å². The van der Waals surface area contributed by atoms with Crippen LogP contribution in [0.25, 0.3) is 5.65 Å². The van der Waals surface area contributed by atoms with Crippen molar-refractivity contribution in [2.75, 3.05) is 0 Å². The van der Waals surface area contributed by atoms with Crippen molar-refractivity contribution >= 4 is 11.6 Å². The molecule has 0 saturated carbocycles. The maximum atomic E-state index is 13.7. The molecule has 0 spiro atoms. The zero-order chi connectivity index (χ0) is 20.0. The molecule has 7 nitrogen and oxygen atoms in total. The lowest BCUT2D eigenvalue weighted by Gasteiger charge is -2.21. The number of aryl methyl sites for hydroxylation is 2. The fourth-order valence-electron chi connectivity index (χ4n) is 4.32. The van der Waals surface area contributed by atoms with Gasteiger partial charge in [-0.3, -0.25) is 13.9 Å². The van der Waals surface area contributed by atoms with E-state index in [0.717, 1.165) is 42.1 Å². The molecule has 4 aromatic rings. The molecule has 0 bridgehead atoms. The van der Waals surface area contributed by atoms with Crippen molar-refractivity contribution in [2.24, 2.45) is 7.05 Å². The van der Waals surface area contributed by atoms with Crippen LogP contribution in [0.1, 0.15) is 45.3 Å². The van der Waals surface area contributed by atoms with E-state index in [2.05, 4.69) is 4.98 Å². The Morgan fingerprint density at radius 3 is 2.93 bits per heavy atom. The minimum absolute atomic E-state index is 0.0741. The standard InChI is InChI=1S/C22H23N5O2/c1-15-21(27-11-4-3-10-20(27)23-15)22(28)26(13-16-7-6-12-29-16)14-18-17-8-5-9-19(17)25(2)24-18/h3-4,6-7,10-12H,5,8-9,13-14H2,1-2H3. The molecule has 0 N–H and O–H groups in total. The summed E-state index contributed by atoms with van der Waals surface area (Å²) in [6.45, 7) is 2.71. The SMILES string of the molecule is Cc1nc2ccccn2c1C(=O)N(Cc1ccco1)Cc1nn(C)c2c1CCC2. The zero-order valence-electron chi connectivity index (χ0n) is 16.6. The van der Waals surface area contributed by atoms with E-state index in [1.165, 1.54) is 11.3 Å². The van der Waals surface area contributed by atoms with E-state index in [-0.39, 0.29) is 5.91 Å². The Hall–Kier alpha value is -3.35. The quantitative estimate of drug-likeness (QED) is 0.525. The van der Waals surface area contributed by atoms with Gasteiger partial charge in [0, 0.05) is 18.9 Å². The molecule has 0 saturated heterocycles. The van der Waals surface area contributed by atoms with Crippen molar-refractivity contribution in [3.8, 4) is 0 Å². The van der Waals surface area contributed by atoms with Gasteiger partial charge in [-0.1, -0.05) is 6.07 Å². The molecule has 1 aliphatic rings. The van der Waals surface area contributed by atoms with Gasteiger partial charge in [0.15, 0.2) is 0 Å². The highest BCUT2D eigenvalue weighted by molar-refractivity contribution is 5.94. The first-order valence-electron chi connectivity index (χ1n) is 9.91. The number of carbonyl (C=O) groups excluding carboxylic acids is 1. The number of nitrogens with zero attached hydrogens (tertiary/aromatic N) is 5. The Labute approximate surface area is 168 Å². The summed E-state index contributed by atoms with van der Waals surface area (Å²) in [5.74, 6) is 0.674. The summed E-state index contributed by atoms with van der Waals surface area (Å²) in [4.78, 5) is 20.0. The second-order valence-electron chi connectivity index (χ2n) is 7.56. The first kappa shape index (κ1) is 17.7. The zero-order valence-corrected chi connectivity index (χ0v) is 16.6. The molecule has 4 heterocycles. The van der Waals surface area contributed by atoms with Crippen LogP contribution in [0.3, 0.4) is 0 Å². The lowest BCUT2D eigenvalue weighted by Crippen LogP contribution is -2.32. The van der Waals surface area contributed by atoms with E-state index in [1.807, 2.05) is 64.5 Å². The molecule has 148 valence electrons. The van der Waals surface area contributed by atoms with E-state index in [1.54, 1.807) is 6.26 Å². The first-order valence-corrected chi connectivity index (χ1v) is 9.91. The molecule has 1 amide bonds. The maximum Gasteiger partial charge on any atom is 0.273 e. The van der Waals surface area contributed by atoms with Crippen LogP contribution in [0.2, 0.25) is 0 Å². The van der Waals surface area contributed by atoms with Crippen molar-refractivity contribution in [3.05, 3.63) is 76.9 Å². The van der Waals surface area contributed by atoms with Crippen LogP contribution >= 0.6 is 0 Å². The van der Waals surface area contributed by atoms with Crippen LogP contribution in [0, 0.1) is 6.92 Å². The van der Waals surface area contributed by atoms with Crippen LogP contribution in [-0.2, 0) is 33.0 Å². The Kier molecular flexibility index (Phi) is 4.23. The van der Waals surface area contributed by atoms with Crippen molar-refractivity contribution in [1.29, 1.82) is 0 Å². The minimum atomic E-state index is -0.0741. The molecule has 4 aromatic heterocycles. The van der Waals surface area contributed by atoms with Gasteiger partial charge in [0.05, 0.1) is 30.7 Å². The molecule has 0 aromatic carbocycles. The highest BCUT2D eigenvalue weighted by Crippen LogP contribution is 2.27. The normalized spacial score (nSPS) is 13.2. The van der Waals surface area contributed by atoms with Crippen molar-refractivity contribution in [1.82, 2.24) is 24.1 Å². The van der Waals surface area contributed by atoms with Gasteiger partial charge in [0.25, 0.3) is 5.91 Å². The Morgan fingerprint density at radius 2 is 2.10 bits per heavy atom. The number of imidazole rings is 1. The van der Waals surface area contributed by atoms with Gasteiger partial charge in [0.1, 0.15) is 17.1 Å². The van der Waals surface area contributed by atoms with Gasteiger partial charge in [-0.05, 0) is 56.0 Å². The molecule has 7 heteroatoms. The first-order chi connectivity index (χ1) is 14.1. The molecular weight excluding hydrogens is 366 g/mol. The molecule has 0 fully saturated rings. The smallest absolute Gasteiger partial charge is 0.273 e. The number of furan rings is 1. The van der Waals surface area contributed by atoms with Crippen LogP contribution in [0.4, 0.5) is 0 Å². The van der Waals surface area contributed by atoms with Crippen molar-refractivity contribution < 1.29 is 9.21 Å². The molecular formula is C22H23N5O2. The third-order valence-electron chi connectivity index (χ3n) is 5.66. The van der Waals surface area contributed by atoms with Crippen LogP contribution in [-0.4, -0.2) is 30.0 Å². The fourth-order valence-corrected chi connectivity index (χ4v) is 4.32. The predicted octanol–water partition coefficient (Wildman–Crippen LogP) is 3.30. The third-order valence-corrected chi connectivity index (χ3v) is 5.66. The largest absolute Gasteiger partial charge is 0.467 e. The molecule has 29 heavy (non-hydrogen) atoms.